The molecule has 0 saturated heterocycles. The van der Waals surface area contributed by atoms with Crippen LogP contribution >= 0.6 is 11.6 Å². The summed E-state index contributed by atoms with van der Waals surface area (Å²) in [5, 5.41) is 16.1. The highest BCUT2D eigenvalue weighted by atomic mass is 35.5. The van der Waals surface area contributed by atoms with Crippen LogP contribution < -0.4 is 10.1 Å². The van der Waals surface area contributed by atoms with E-state index in [1.807, 2.05) is 30.3 Å². The maximum Gasteiger partial charge on any atom is 0.247 e. The molecule has 1 aliphatic rings. The van der Waals surface area contributed by atoms with Crippen LogP contribution in [0.1, 0.15) is 38.2 Å². The van der Waals surface area contributed by atoms with Gasteiger partial charge in [0, 0.05) is 23.2 Å². The molecule has 1 unspecified atom stereocenters. The molecule has 1 aliphatic carbocycles. The second-order valence-electron chi connectivity index (χ2n) is 8.65. The number of hydrogen-bond acceptors (Lipinski definition) is 6. The summed E-state index contributed by atoms with van der Waals surface area (Å²) in [7, 11) is 1.60. The van der Waals surface area contributed by atoms with Crippen molar-refractivity contribution in [2.75, 3.05) is 7.11 Å². The van der Waals surface area contributed by atoms with Crippen LogP contribution in [0.4, 0.5) is 0 Å². The number of ether oxygens (including phenoxy) is 1. The molecule has 0 aliphatic heterocycles. The molecule has 1 fully saturated rings. The van der Waals surface area contributed by atoms with Crippen LogP contribution in [0.15, 0.2) is 48.5 Å². The zero-order chi connectivity index (χ0) is 24.8. The summed E-state index contributed by atoms with van der Waals surface area (Å²) in [5.41, 5.74) is 1.51. The maximum absolute atomic E-state index is 13.4. The zero-order valence-corrected chi connectivity index (χ0v) is 20.6. The van der Waals surface area contributed by atoms with Gasteiger partial charge in [0.1, 0.15) is 18.3 Å². The molecule has 3 aromatic rings. The molecule has 4 rings (SSSR count). The van der Waals surface area contributed by atoms with Gasteiger partial charge in [0.2, 0.25) is 17.6 Å². The van der Waals surface area contributed by atoms with Crippen LogP contribution in [0.2, 0.25) is 5.02 Å². The van der Waals surface area contributed by atoms with Crippen LogP contribution in [0, 0.1) is 0 Å². The first-order valence-electron chi connectivity index (χ1n) is 11.7. The summed E-state index contributed by atoms with van der Waals surface area (Å²) >= 11 is 6.36. The predicted octanol–water partition coefficient (Wildman–Crippen LogP) is 3.48. The summed E-state index contributed by atoms with van der Waals surface area (Å²) in [4.78, 5) is 29.2. The molecule has 0 bridgehead atoms. The number of aromatic nitrogens is 4. The van der Waals surface area contributed by atoms with E-state index in [-0.39, 0.29) is 30.9 Å². The van der Waals surface area contributed by atoms with Gasteiger partial charge in [0.25, 0.3) is 0 Å². The van der Waals surface area contributed by atoms with Gasteiger partial charge in [0.15, 0.2) is 0 Å². The smallest absolute Gasteiger partial charge is 0.247 e. The number of carbonyl (C=O) groups is 2. The van der Waals surface area contributed by atoms with Crippen molar-refractivity contribution < 1.29 is 14.3 Å². The summed E-state index contributed by atoms with van der Waals surface area (Å²) in [6.07, 6.45) is 4.15. The minimum Gasteiger partial charge on any atom is -0.497 e. The number of benzene rings is 2. The number of halogens is 1. The molecule has 1 aromatic heterocycles. The first-order valence-corrected chi connectivity index (χ1v) is 12.1. The number of amides is 2. The highest BCUT2D eigenvalue weighted by Crippen LogP contribution is 2.21. The molecule has 0 radical (unpaired) electrons. The molecule has 1 N–H and O–H groups in total. The quantitative estimate of drug-likeness (QED) is 0.486. The molecule has 184 valence electrons. The number of carbonyl (C=O) groups excluding carboxylic acids is 2. The average molecular weight is 497 g/mol. The third kappa shape index (κ3) is 6.16. The van der Waals surface area contributed by atoms with Crippen molar-refractivity contribution in [1.82, 2.24) is 30.4 Å². The first kappa shape index (κ1) is 24.7. The number of tetrazole rings is 1. The Balaban J connectivity index is 1.50. The number of hydrogen-bond donors (Lipinski definition) is 1. The van der Waals surface area contributed by atoms with Crippen LogP contribution in [0.25, 0.3) is 11.4 Å². The lowest BCUT2D eigenvalue weighted by Gasteiger charge is -2.29. The van der Waals surface area contributed by atoms with Crippen molar-refractivity contribution in [1.29, 1.82) is 0 Å². The standard InChI is InChI=1S/C25H29ClN6O3/c1-17(25(34)27-20-8-4-5-9-20)31(15-19-7-3-6-10-22(19)26)23(33)16-32-29-24(28-30-32)18-11-13-21(35-2)14-12-18/h3,6-7,10-14,17,20H,4-5,8-9,15-16H2,1-2H3,(H,27,34). The molecule has 10 heteroatoms. The van der Waals surface area contributed by atoms with Gasteiger partial charge in [-0.15, -0.1) is 10.2 Å². The Kier molecular flexibility index (Phi) is 7.97. The molecule has 2 amide bonds. The van der Waals surface area contributed by atoms with E-state index in [0.29, 0.717) is 10.8 Å². The molecule has 9 nitrogen and oxygen atoms in total. The van der Waals surface area contributed by atoms with Crippen molar-refractivity contribution in [3.63, 3.8) is 0 Å². The highest BCUT2D eigenvalue weighted by Gasteiger charge is 2.29. The van der Waals surface area contributed by atoms with E-state index in [0.717, 1.165) is 42.6 Å². The molecule has 35 heavy (non-hydrogen) atoms. The van der Waals surface area contributed by atoms with E-state index < -0.39 is 6.04 Å². The van der Waals surface area contributed by atoms with Crippen LogP contribution in [0.5, 0.6) is 5.75 Å². The van der Waals surface area contributed by atoms with Crippen LogP contribution in [-0.2, 0) is 22.7 Å². The zero-order valence-electron chi connectivity index (χ0n) is 19.9. The normalized spacial score (nSPS) is 14.5. The van der Waals surface area contributed by atoms with Crippen molar-refractivity contribution >= 4 is 23.4 Å². The van der Waals surface area contributed by atoms with Crippen LogP contribution in [0.3, 0.4) is 0 Å². The largest absolute Gasteiger partial charge is 0.497 e. The Morgan fingerprint density at radius 1 is 1.17 bits per heavy atom. The van der Waals surface area contributed by atoms with E-state index >= 15 is 0 Å². The fourth-order valence-electron chi connectivity index (χ4n) is 4.16. The number of nitrogens with zero attached hydrogens (tertiary/aromatic N) is 5. The Hall–Kier alpha value is -3.46. The topological polar surface area (TPSA) is 102 Å². The van der Waals surface area contributed by atoms with Gasteiger partial charge in [-0.2, -0.15) is 4.80 Å². The first-order chi connectivity index (χ1) is 16.9. The monoisotopic (exact) mass is 496 g/mol. The minimum absolute atomic E-state index is 0.158. The third-order valence-electron chi connectivity index (χ3n) is 6.25. The molecule has 2 aromatic carbocycles. The Bertz CT molecular complexity index is 1160. The lowest BCUT2D eigenvalue weighted by atomic mass is 10.1. The van der Waals surface area contributed by atoms with Gasteiger partial charge < -0.3 is 15.0 Å². The third-order valence-corrected chi connectivity index (χ3v) is 6.61. The summed E-state index contributed by atoms with van der Waals surface area (Å²) < 4.78 is 5.18. The van der Waals surface area contributed by atoms with E-state index in [4.69, 9.17) is 16.3 Å². The Morgan fingerprint density at radius 3 is 2.57 bits per heavy atom. The Morgan fingerprint density at radius 2 is 1.89 bits per heavy atom. The van der Waals surface area contributed by atoms with Crippen molar-refractivity contribution in [2.45, 2.75) is 57.8 Å². The summed E-state index contributed by atoms with van der Waals surface area (Å²) in [6.45, 7) is 1.77. The lowest BCUT2D eigenvalue weighted by molar-refractivity contribution is -0.141. The number of nitrogens with one attached hydrogen (secondary N) is 1. The number of methoxy groups -OCH3 is 1. The van der Waals surface area contributed by atoms with Gasteiger partial charge in [-0.25, -0.2) is 0 Å². The van der Waals surface area contributed by atoms with Crippen LogP contribution in [-0.4, -0.2) is 56.1 Å². The Labute approximate surface area is 209 Å². The molecule has 1 heterocycles. The van der Waals surface area contributed by atoms with E-state index in [9.17, 15) is 9.59 Å². The second-order valence-corrected chi connectivity index (χ2v) is 9.06. The van der Waals surface area contributed by atoms with Gasteiger partial charge in [-0.1, -0.05) is 42.6 Å². The van der Waals surface area contributed by atoms with Gasteiger partial charge >= 0.3 is 0 Å². The van der Waals surface area contributed by atoms with Crippen molar-refractivity contribution in [3.8, 4) is 17.1 Å². The van der Waals surface area contributed by atoms with E-state index in [1.165, 1.54) is 9.70 Å². The lowest BCUT2D eigenvalue weighted by Crippen LogP contribution is -2.50. The predicted molar refractivity (Wildman–Crippen MR) is 132 cm³/mol. The fourth-order valence-corrected chi connectivity index (χ4v) is 4.36. The highest BCUT2D eigenvalue weighted by molar-refractivity contribution is 6.31. The van der Waals surface area contributed by atoms with E-state index in [1.54, 1.807) is 32.2 Å². The summed E-state index contributed by atoms with van der Waals surface area (Å²) in [6, 6.07) is 14.0. The molecule has 1 atom stereocenters. The molecular weight excluding hydrogens is 468 g/mol. The van der Waals surface area contributed by atoms with Gasteiger partial charge in [0.05, 0.1) is 7.11 Å². The average Bonchev–Trinajstić information content (AvgIpc) is 3.55. The molecular formula is C25H29ClN6O3. The summed E-state index contributed by atoms with van der Waals surface area (Å²) in [5.74, 6) is 0.627. The SMILES string of the molecule is COc1ccc(-c2nnn(CC(=O)N(Cc3ccccc3Cl)C(C)C(=O)NC3CCCC3)n2)cc1. The molecule has 0 spiro atoms. The van der Waals surface area contributed by atoms with Gasteiger partial charge in [-0.05, 0) is 60.9 Å². The number of rotatable bonds is 9. The van der Waals surface area contributed by atoms with Crippen molar-refractivity contribution in [2.24, 2.45) is 0 Å². The fraction of sp³-hybridized carbons (Fsp3) is 0.400. The minimum atomic E-state index is -0.691. The van der Waals surface area contributed by atoms with Crippen molar-refractivity contribution in [3.05, 3.63) is 59.1 Å². The molecule has 1 saturated carbocycles. The van der Waals surface area contributed by atoms with E-state index in [2.05, 4.69) is 20.7 Å². The maximum atomic E-state index is 13.4. The second kappa shape index (κ2) is 11.3. The van der Waals surface area contributed by atoms with Gasteiger partial charge in [-0.3, -0.25) is 9.59 Å².